The van der Waals surface area contributed by atoms with E-state index in [1.807, 2.05) is 6.07 Å². The number of anilines is 3. The number of pyridine rings is 1. The molecule has 0 aliphatic carbocycles. The normalized spacial score (nSPS) is 14.3. The van der Waals surface area contributed by atoms with Crippen LogP contribution in [0.15, 0.2) is 207 Å². The largest absolute Gasteiger partial charge is 0.477 e. The van der Waals surface area contributed by atoms with Crippen LogP contribution in [-0.2, 0) is 38.8 Å². The van der Waals surface area contributed by atoms with Gasteiger partial charge in [-0.2, -0.15) is 0 Å². The van der Waals surface area contributed by atoms with E-state index in [1.54, 1.807) is 124 Å². The zero-order chi connectivity index (χ0) is 83.6. The number of carbonyl (C=O) groups is 3. The Morgan fingerprint density at radius 1 is 0.405 bits per heavy atom. The molecule has 0 saturated carbocycles. The molecular formula is C85H80F6N22O8. The zero-order valence-corrected chi connectivity index (χ0v) is 65.2. The van der Waals surface area contributed by atoms with E-state index >= 15 is 0 Å². The van der Waals surface area contributed by atoms with Gasteiger partial charge in [-0.05, 0) is 158 Å². The van der Waals surface area contributed by atoms with Crippen molar-refractivity contribution in [3.63, 3.8) is 0 Å². The number of carbonyl (C=O) groups excluding carboxylic acids is 3. The van der Waals surface area contributed by atoms with Crippen LogP contribution in [0.25, 0.3) is 68.3 Å². The molecule has 4 aliphatic rings. The fourth-order valence-corrected chi connectivity index (χ4v) is 13.6. The topological polar surface area (TPSA) is 310 Å². The Kier molecular flexibility index (Phi) is 26.4. The predicted octanol–water partition coefficient (Wildman–Crippen LogP) is 10.6. The molecule has 0 radical (unpaired) electrons. The molecule has 17 rings (SSSR count). The molecule has 3 amide bonds. The number of ether oxygens (including phenoxy) is 4. The Bertz CT molecular complexity index is 5620. The van der Waals surface area contributed by atoms with Gasteiger partial charge < -0.3 is 53.5 Å². The van der Waals surface area contributed by atoms with Crippen molar-refractivity contribution in [2.75, 3.05) is 120 Å². The SMILES string of the molecule is O=C(Cn1nc(-c2ccc(F)cc2)nc1-c1ccc(F)cc1)N1CCN(c2cc(OC3CCOCC3)ncn2)CC1.O=C(Cn1nc(-c2ccc(F)cc2)nc1-c1ccc(F)cc1)N1CCN(c2cc(OCCCO)ncn2)CC1.O=C(Cn1nc(-c2ccc(F)cc2)nc1-c1ccc(F)cc1)N1CCN(c2cc(Oc3cccnc3)ncn2)CC1. The summed E-state index contributed by atoms with van der Waals surface area (Å²) in [5.41, 5.74) is 3.65. The number of rotatable bonds is 23. The number of halogens is 6. The lowest BCUT2D eigenvalue weighted by Crippen LogP contribution is -2.50. The summed E-state index contributed by atoms with van der Waals surface area (Å²) >= 11 is 0. The second-order valence-electron chi connectivity index (χ2n) is 28.2. The Balaban J connectivity index is 0.000000141. The second kappa shape index (κ2) is 38.9. The van der Waals surface area contributed by atoms with Crippen molar-refractivity contribution >= 4 is 35.2 Å². The van der Waals surface area contributed by atoms with Crippen molar-refractivity contribution in [2.24, 2.45) is 0 Å². The molecule has 6 aromatic carbocycles. The second-order valence-corrected chi connectivity index (χ2v) is 28.2. The third-order valence-corrected chi connectivity index (χ3v) is 20.1. The fraction of sp³-hybridized carbons (Fsp3) is 0.271. The summed E-state index contributed by atoms with van der Waals surface area (Å²) in [7, 11) is 0. The summed E-state index contributed by atoms with van der Waals surface area (Å²) in [4.78, 5) is 95.0. The highest BCUT2D eigenvalue weighted by Crippen LogP contribution is 2.31. The minimum atomic E-state index is -0.384. The van der Waals surface area contributed by atoms with Gasteiger partial charge in [-0.25, -0.2) is 85.2 Å². The van der Waals surface area contributed by atoms with E-state index < -0.39 is 0 Å². The molecule has 0 unspecified atom stereocenters. The summed E-state index contributed by atoms with van der Waals surface area (Å²) in [6.07, 6.45) is 9.91. The maximum absolute atomic E-state index is 13.6. The van der Waals surface area contributed by atoms with Gasteiger partial charge in [0.1, 0.15) is 103 Å². The number of aliphatic hydroxyl groups excluding tert-OH is 1. The van der Waals surface area contributed by atoms with Crippen molar-refractivity contribution in [1.82, 2.24) is 93.9 Å². The Morgan fingerprint density at radius 2 is 0.736 bits per heavy atom. The minimum absolute atomic E-state index is 0.0431. The fourth-order valence-electron chi connectivity index (χ4n) is 13.6. The number of aromatic nitrogens is 16. The minimum Gasteiger partial charge on any atom is -0.477 e. The smallest absolute Gasteiger partial charge is 0.244 e. The number of nitrogens with zero attached hydrogens (tertiary/aromatic N) is 22. The van der Waals surface area contributed by atoms with E-state index in [0.717, 1.165) is 18.7 Å². The molecule has 4 fully saturated rings. The van der Waals surface area contributed by atoms with E-state index in [-0.39, 0.29) is 85.0 Å². The summed E-state index contributed by atoms with van der Waals surface area (Å²) < 4.78 is 108. The Labute approximate surface area is 689 Å². The van der Waals surface area contributed by atoms with Gasteiger partial charge in [0.05, 0.1) is 26.0 Å². The van der Waals surface area contributed by atoms with Gasteiger partial charge in [0, 0.05) is 162 Å². The molecule has 7 aromatic heterocycles. The molecule has 11 heterocycles. The van der Waals surface area contributed by atoms with Crippen LogP contribution in [0.4, 0.5) is 43.8 Å². The van der Waals surface area contributed by atoms with Gasteiger partial charge in [0.25, 0.3) is 0 Å². The van der Waals surface area contributed by atoms with Crippen molar-refractivity contribution in [1.29, 1.82) is 0 Å². The van der Waals surface area contributed by atoms with Crippen LogP contribution in [0.3, 0.4) is 0 Å². The van der Waals surface area contributed by atoms with E-state index in [9.17, 15) is 40.7 Å². The summed E-state index contributed by atoms with van der Waals surface area (Å²) in [5, 5.41) is 22.6. The molecule has 620 valence electrons. The number of benzene rings is 6. The molecule has 0 bridgehead atoms. The standard InChI is InChI=1S/C29H24F2N8O2.C29H29F2N7O3.C27H27F2N7O3/c30-22-7-3-20(4-8-22)28-35-29(21-5-9-23(31)10-6-21)39(36-28)18-27(40)38-14-12-37(13-15-38)25-16-26(34-19-33-25)41-24-2-1-11-32-17-24;30-22-5-1-20(2-6-22)28-34-29(21-3-7-23(31)8-4-21)38(35-28)18-27(39)37-13-11-36(12-14-37)25-17-26(33-19-32-25)41-24-9-15-40-16-10-24;28-21-6-2-19(3-7-21)26-32-27(20-4-8-22(29)9-5-20)36(33-26)17-25(38)35-12-10-34(11-13-35)23-16-24(31-18-30-23)39-15-1-14-37/h1-11,16-17,19H,12-15,18H2;1-8,17,19,24H,9-16,18H2;2-9,16,18,37H,1,10-15,17H2. The zero-order valence-electron chi connectivity index (χ0n) is 65.2. The van der Waals surface area contributed by atoms with Crippen LogP contribution >= 0.6 is 0 Å². The number of amides is 3. The third kappa shape index (κ3) is 21.4. The molecule has 4 aliphatic heterocycles. The lowest BCUT2D eigenvalue weighted by atomic mass is 10.1. The first-order valence-electron chi connectivity index (χ1n) is 39.0. The average Bonchev–Trinajstić information content (AvgIpc) is 1.71. The van der Waals surface area contributed by atoms with Crippen molar-refractivity contribution in [3.05, 3.63) is 242 Å². The monoisotopic (exact) mass is 1650 g/mol. The first-order chi connectivity index (χ1) is 59.0. The molecule has 0 spiro atoms. The molecule has 0 atom stereocenters. The van der Waals surface area contributed by atoms with Crippen molar-refractivity contribution < 1.29 is 64.8 Å². The molecule has 121 heavy (non-hydrogen) atoms. The van der Waals surface area contributed by atoms with Gasteiger partial charge >= 0.3 is 0 Å². The number of hydrogen-bond acceptors (Lipinski definition) is 24. The third-order valence-electron chi connectivity index (χ3n) is 20.1. The van der Waals surface area contributed by atoms with Crippen LogP contribution in [0.5, 0.6) is 23.4 Å². The maximum Gasteiger partial charge on any atom is 0.244 e. The molecule has 4 saturated heterocycles. The predicted molar refractivity (Wildman–Crippen MR) is 431 cm³/mol. The molecular weight excluding hydrogens is 1570 g/mol. The number of hydrogen-bond donors (Lipinski definition) is 1. The quantitative estimate of drug-likeness (QED) is 0.0459. The average molecular weight is 1650 g/mol. The molecule has 1 N–H and O–H groups in total. The molecule has 36 heteroatoms. The number of piperazine rings is 3. The van der Waals surface area contributed by atoms with E-state index in [1.165, 1.54) is 106 Å². The van der Waals surface area contributed by atoms with Crippen LogP contribution in [-0.4, -0.2) is 228 Å². The maximum atomic E-state index is 13.6. The van der Waals surface area contributed by atoms with E-state index in [4.69, 9.17) is 24.1 Å². The Morgan fingerprint density at radius 3 is 1.08 bits per heavy atom. The lowest BCUT2D eigenvalue weighted by Gasteiger charge is -2.35. The molecule has 30 nitrogen and oxygen atoms in total. The van der Waals surface area contributed by atoms with Crippen LogP contribution in [0.2, 0.25) is 0 Å². The van der Waals surface area contributed by atoms with Gasteiger partial charge in [-0.1, -0.05) is 0 Å². The van der Waals surface area contributed by atoms with Crippen molar-refractivity contribution in [3.8, 4) is 91.7 Å². The van der Waals surface area contributed by atoms with Crippen LogP contribution in [0, 0.1) is 34.9 Å². The van der Waals surface area contributed by atoms with E-state index in [2.05, 4.69) is 79.8 Å². The first kappa shape index (κ1) is 82.0. The lowest BCUT2D eigenvalue weighted by molar-refractivity contribution is -0.133. The summed E-state index contributed by atoms with van der Waals surface area (Å²) in [5.74, 6) is 3.75. The highest BCUT2D eigenvalue weighted by atomic mass is 19.1. The first-order valence-corrected chi connectivity index (χ1v) is 39.0. The molecule has 13 aromatic rings. The van der Waals surface area contributed by atoms with Gasteiger partial charge in [0.15, 0.2) is 34.9 Å². The van der Waals surface area contributed by atoms with Crippen LogP contribution < -0.4 is 28.9 Å². The van der Waals surface area contributed by atoms with Gasteiger partial charge in [-0.3, -0.25) is 19.4 Å². The number of aliphatic hydroxyl groups is 1. The highest BCUT2D eigenvalue weighted by Gasteiger charge is 2.30. The van der Waals surface area contributed by atoms with E-state index in [0.29, 0.717) is 208 Å². The van der Waals surface area contributed by atoms with Gasteiger partial charge in [0.2, 0.25) is 35.4 Å². The van der Waals surface area contributed by atoms with Gasteiger partial charge in [-0.15, -0.1) is 15.3 Å². The highest BCUT2D eigenvalue weighted by molar-refractivity contribution is 5.79. The summed E-state index contributed by atoms with van der Waals surface area (Å²) in [6.45, 7) is 8.02. The van der Waals surface area contributed by atoms with Crippen molar-refractivity contribution in [2.45, 2.75) is 45.0 Å². The van der Waals surface area contributed by atoms with Crippen LogP contribution in [0.1, 0.15) is 19.3 Å². The Hall–Kier alpha value is -14.2. The summed E-state index contributed by atoms with van der Waals surface area (Å²) in [6, 6.07) is 43.8.